The van der Waals surface area contributed by atoms with E-state index >= 15 is 0 Å². The van der Waals surface area contributed by atoms with Gasteiger partial charge in [-0.25, -0.2) is 0 Å². The van der Waals surface area contributed by atoms with E-state index in [0.717, 1.165) is 5.56 Å². The number of amides is 1. The van der Waals surface area contributed by atoms with Gasteiger partial charge in [-0.2, -0.15) is 5.26 Å². The van der Waals surface area contributed by atoms with Crippen molar-refractivity contribution in [2.24, 2.45) is 0 Å². The van der Waals surface area contributed by atoms with E-state index in [0.29, 0.717) is 11.4 Å². The number of nitriles is 1. The van der Waals surface area contributed by atoms with Crippen LogP contribution in [0.15, 0.2) is 54.6 Å². The maximum absolute atomic E-state index is 12.1. The molecule has 5 heteroatoms. The zero-order chi connectivity index (χ0) is 15.1. The number of benzene rings is 2. The number of hydrogen-bond acceptors (Lipinski definition) is 3. The van der Waals surface area contributed by atoms with Gasteiger partial charge in [0.25, 0.3) is 0 Å². The smallest absolute Gasteiger partial charge is 0.246 e. The van der Waals surface area contributed by atoms with Crippen molar-refractivity contribution in [3.63, 3.8) is 0 Å². The van der Waals surface area contributed by atoms with Crippen LogP contribution in [0, 0.1) is 11.3 Å². The molecule has 2 aromatic rings. The number of ether oxygens (including phenoxy) is 1. The molecule has 0 aliphatic carbocycles. The molecule has 2 rings (SSSR count). The molecule has 0 fully saturated rings. The Bertz CT molecular complexity index is 636. The van der Waals surface area contributed by atoms with Crippen molar-refractivity contribution >= 4 is 23.2 Å². The summed E-state index contributed by atoms with van der Waals surface area (Å²) in [4.78, 5) is 12.1. The summed E-state index contributed by atoms with van der Waals surface area (Å²) < 4.78 is 5.13. The fourth-order valence-corrected chi connectivity index (χ4v) is 1.93. The molecule has 0 aliphatic heterocycles. The summed E-state index contributed by atoms with van der Waals surface area (Å²) in [5.41, 5.74) is 1.36. The highest BCUT2D eigenvalue weighted by Gasteiger charge is 2.17. The van der Waals surface area contributed by atoms with Crippen molar-refractivity contribution in [2.45, 2.75) is 5.38 Å². The van der Waals surface area contributed by atoms with Crippen LogP contribution >= 0.6 is 11.6 Å². The van der Waals surface area contributed by atoms with Crippen LogP contribution < -0.4 is 10.1 Å². The van der Waals surface area contributed by atoms with Crippen LogP contribution in [0.4, 0.5) is 5.69 Å². The highest BCUT2D eigenvalue weighted by Crippen LogP contribution is 2.23. The van der Waals surface area contributed by atoms with Gasteiger partial charge in [0.2, 0.25) is 5.91 Å². The lowest BCUT2D eigenvalue weighted by Crippen LogP contribution is -2.17. The molecular formula is C16H13ClN2O2. The second-order valence-corrected chi connectivity index (χ2v) is 4.67. The molecule has 0 aliphatic rings. The molecule has 2 aromatic carbocycles. The van der Waals surface area contributed by atoms with Gasteiger partial charge in [0.15, 0.2) is 6.61 Å². The minimum absolute atomic E-state index is 0.0104. The summed E-state index contributed by atoms with van der Waals surface area (Å²) in [6, 6.07) is 17.8. The first kappa shape index (κ1) is 14.9. The van der Waals surface area contributed by atoms with E-state index in [4.69, 9.17) is 21.6 Å². The van der Waals surface area contributed by atoms with Gasteiger partial charge in [-0.05, 0) is 29.8 Å². The number of carbonyl (C=O) groups excluding carboxylic acids is 1. The van der Waals surface area contributed by atoms with Gasteiger partial charge in [-0.3, -0.25) is 4.79 Å². The first-order chi connectivity index (χ1) is 10.2. The van der Waals surface area contributed by atoms with E-state index in [2.05, 4.69) is 5.32 Å². The molecule has 0 aromatic heterocycles. The normalized spacial score (nSPS) is 11.2. The minimum Gasteiger partial charge on any atom is -0.479 e. The zero-order valence-corrected chi connectivity index (χ0v) is 11.9. The lowest BCUT2D eigenvalue weighted by atomic mass is 10.1. The summed E-state index contributed by atoms with van der Waals surface area (Å²) >= 11 is 6.13. The predicted octanol–water partition coefficient (Wildman–Crippen LogP) is 3.51. The van der Waals surface area contributed by atoms with Crippen LogP contribution in [0.2, 0.25) is 0 Å². The molecule has 0 radical (unpaired) electrons. The molecular weight excluding hydrogens is 288 g/mol. The maximum Gasteiger partial charge on any atom is 0.246 e. The van der Waals surface area contributed by atoms with E-state index in [1.165, 1.54) is 0 Å². The molecule has 0 spiro atoms. The average molecular weight is 301 g/mol. The second kappa shape index (κ2) is 7.32. The molecule has 0 heterocycles. The third-order valence-corrected chi connectivity index (χ3v) is 3.20. The first-order valence-corrected chi connectivity index (χ1v) is 6.74. The number of carbonyl (C=O) groups is 1. The monoisotopic (exact) mass is 300 g/mol. The largest absolute Gasteiger partial charge is 0.479 e. The van der Waals surface area contributed by atoms with Crippen molar-refractivity contribution < 1.29 is 9.53 Å². The van der Waals surface area contributed by atoms with Gasteiger partial charge >= 0.3 is 0 Å². The number of hydrogen-bond donors (Lipinski definition) is 1. The third-order valence-electron chi connectivity index (χ3n) is 2.75. The molecule has 0 bridgehead atoms. The number of nitrogens with zero attached hydrogens (tertiary/aromatic N) is 1. The number of anilines is 1. The molecule has 1 N–H and O–H groups in total. The summed E-state index contributed by atoms with van der Waals surface area (Å²) in [7, 11) is 0. The molecule has 0 saturated heterocycles. The molecule has 1 atom stereocenters. The van der Waals surface area contributed by atoms with E-state index in [-0.39, 0.29) is 12.5 Å². The Morgan fingerprint density at radius 1 is 1.19 bits per heavy atom. The van der Waals surface area contributed by atoms with Gasteiger partial charge in [0.05, 0.1) is 0 Å². The Morgan fingerprint density at radius 2 is 1.86 bits per heavy atom. The Hall–Kier alpha value is -2.51. The second-order valence-electron chi connectivity index (χ2n) is 4.23. The summed E-state index contributed by atoms with van der Waals surface area (Å²) in [6.45, 7) is -0.0104. The van der Waals surface area contributed by atoms with Gasteiger partial charge in [0, 0.05) is 5.69 Å². The quantitative estimate of drug-likeness (QED) is 0.860. The van der Waals surface area contributed by atoms with Crippen LogP contribution in [0.1, 0.15) is 10.9 Å². The lowest BCUT2D eigenvalue weighted by molar-refractivity contribution is -0.116. The highest BCUT2D eigenvalue weighted by molar-refractivity contribution is 6.32. The number of rotatable bonds is 5. The summed E-state index contributed by atoms with van der Waals surface area (Å²) in [5.74, 6) is 0.272. The van der Waals surface area contributed by atoms with Crippen molar-refractivity contribution in [3.8, 4) is 11.8 Å². The number of halogens is 1. The number of alkyl halides is 1. The van der Waals surface area contributed by atoms with Gasteiger partial charge in [-0.1, -0.05) is 30.3 Å². The van der Waals surface area contributed by atoms with Crippen LogP contribution in [0.3, 0.4) is 0 Å². The Morgan fingerprint density at radius 3 is 2.48 bits per heavy atom. The van der Waals surface area contributed by atoms with E-state index < -0.39 is 5.38 Å². The third kappa shape index (κ3) is 4.23. The maximum atomic E-state index is 12.1. The lowest BCUT2D eigenvalue weighted by Gasteiger charge is -2.11. The topological polar surface area (TPSA) is 62.1 Å². The minimum atomic E-state index is -0.749. The first-order valence-electron chi connectivity index (χ1n) is 6.30. The van der Waals surface area contributed by atoms with Crippen molar-refractivity contribution in [1.82, 2.24) is 0 Å². The fraction of sp³-hybridized carbons (Fsp3) is 0.125. The van der Waals surface area contributed by atoms with Gasteiger partial charge in [-0.15, -0.1) is 11.6 Å². The van der Waals surface area contributed by atoms with E-state index in [9.17, 15) is 4.79 Å². The Balaban J connectivity index is 1.98. The van der Waals surface area contributed by atoms with Crippen molar-refractivity contribution in [2.75, 3.05) is 11.9 Å². The summed E-state index contributed by atoms with van der Waals surface area (Å²) in [5, 5.41) is 10.4. The molecule has 1 unspecified atom stereocenters. The standard InChI is InChI=1S/C16H13ClN2O2/c17-15(12-4-2-1-3-5-12)16(20)19-13-6-8-14(9-7-13)21-11-10-18/h1-9,15H,11H2,(H,19,20). The van der Waals surface area contributed by atoms with Crippen LogP contribution in [-0.2, 0) is 4.79 Å². The average Bonchev–Trinajstić information content (AvgIpc) is 2.54. The fourth-order valence-electron chi connectivity index (χ4n) is 1.73. The van der Waals surface area contributed by atoms with Crippen molar-refractivity contribution in [1.29, 1.82) is 5.26 Å². The van der Waals surface area contributed by atoms with Crippen molar-refractivity contribution in [3.05, 3.63) is 60.2 Å². The SMILES string of the molecule is N#CCOc1ccc(NC(=O)C(Cl)c2ccccc2)cc1. The van der Waals surface area contributed by atoms with Crippen LogP contribution in [0.5, 0.6) is 5.75 Å². The van der Waals surface area contributed by atoms with E-state index in [1.54, 1.807) is 36.4 Å². The van der Waals surface area contributed by atoms with Gasteiger partial charge < -0.3 is 10.1 Å². The molecule has 0 saturated carbocycles. The van der Waals surface area contributed by atoms with Crippen LogP contribution in [0.25, 0.3) is 0 Å². The molecule has 106 valence electrons. The predicted molar refractivity (Wildman–Crippen MR) is 81.2 cm³/mol. The van der Waals surface area contributed by atoms with E-state index in [1.807, 2.05) is 24.3 Å². The highest BCUT2D eigenvalue weighted by atomic mass is 35.5. The summed E-state index contributed by atoms with van der Waals surface area (Å²) in [6.07, 6.45) is 0. The zero-order valence-electron chi connectivity index (χ0n) is 11.1. The Labute approximate surface area is 127 Å². The molecule has 21 heavy (non-hydrogen) atoms. The molecule has 4 nitrogen and oxygen atoms in total. The molecule has 1 amide bonds. The Kier molecular flexibility index (Phi) is 5.19. The van der Waals surface area contributed by atoms with Crippen LogP contribution in [-0.4, -0.2) is 12.5 Å². The van der Waals surface area contributed by atoms with Gasteiger partial charge in [0.1, 0.15) is 17.2 Å². The number of nitrogens with one attached hydrogen (secondary N) is 1.